The molecule has 190 valence electrons. The minimum absolute atomic E-state index is 0.143. The topological polar surface area (TPSA) is 52.6 Å². The van der Waals surface area contributed by atoms with Gasteiger partial charge in [-0.05, 0) is 53.7 Å². The predicted molar refractivity (Wildman–Crippen MR) is 135 cm³/mol. The molecule has 0 aliphatic carbocycles. The van der Waals surface area contributed by atoms with Crippen LogP contribution in [0.2, 0.25) is 30.1 Å². The normalized spacial score (nSPS) is 11.5. The molecule has 3 aromatic rings. The van der Waals surface area contributed by atoms with Gasteiger partial charge in [-0.3, -0.25) is 9.59 Å². The molecule has 0 N–H and O–H groups in total. The number of carbonyl (C=O) groups excluding carboxylic acids is 2. The number of rotatable bonds is 6. The summed E-state index contributed by atoms with van der Waals surface area (Å²) in [6, 6.07) is 9.54. The van der Waals surface area contributed by atoms with Gasteiger partial charge in [0.25, 0.3) is 0 Å². The second-order valence-electron chi connectivity index (χ2n) is 6.79. The summed E-state index contributed by atoms with van der Waals surface area (Å²) < 4.78 is 49.2. The molecule has 3 rings (SSSR count). The zero-order chi connectivity index (χ0) is 26.8. The molecule has 0 spiro atoms. The number of esters is 2. The van der Waals surface area contributed by atoms with Crippen molar-refractivity contribution in [3.05, 3.63) is 84.2 Å². The van der Waals surface area contributed by atoms with Gasteiger partial charge in [-0.2, -0.15) is 13.2 Å². The summed E-state index contributed by atoms with van der Waals surface area (Å²) in [7, 11) is 0. The maximum atomic E-state index is 13.2. The Morgan fingerprint density at radius 3 is 1.53 bits per heavy atom. The van der Waals surface area contributed by atoms with Crippen molar-refractivity contribution in [1.29, 1.82) is 0 Å². The van der Waals surface area contributed by atoms with E-state index in [4.69, 9.17) is 79.1 Å². The molecule has 0 bridgehead atoms. The Hall–Kier alpha value is -1.52. The molecular formula is C22H9Cl6F3O4S. The van der Waals surface area contributed by atoms with Crippen LogP contribution in [0.5, 0.6) is 11.5 Å². The summed E-state index contributed by atoms with van der Waals surface area (Å²) in [4.78, 5) is 26.0. The van der Waals surface area contributed by atoms with Crippen LogP contribution in [0.15, 0.2) is 53.4 Å². The zero-order valence-electron chi connectivity index (χ0n) is 17.1. The lowest BCUT2D eigenvalue weighted by atomic mass is 9.99. The predicted octanol–water partition coefficient (Wildman–Crippen LogP) is 9.51. The van der Waals surface area contributed by atoms with Crippen molar-refractivity contribution in [2.45, 2.75) is 16.3 Å². The smallest absolute Gasteiger partial charge is 0.422 e. The number of ether oxygens (including phenoxy) is 2. The lowest BCUT2D eigenvalue weighted by molar-refractivity contribution is -0.147. The average Bonchev–Trinajstić information content (AvgIpc) is 2.72. The number of hydrogen-bond donors (Lipinski definition) is 0. The highest BCUT2D eigenvalue weighted by Crippen LogP contribution is 2.41. The highest BCUT2D eigenvalue weighted by atomic mass is 35.5. The molecule has 0 atom stereocenters. The van der Waals surface area contributed by atoms with Gasteiger partial charge in [0.15, 0.2) is 17.4 Å². The molecule has 0 aromatic heterocycles. The Labute approximate surface area is 236 Å². The van der Waals surface area contributed by atoms with Crippen molar-refractivity contribution in [1.82, 2.24) is 0 Å². The number of thioether (sulfide) groups is 1. The Balaban J connectivity index is 2.04. The van der Waals surface area contributed by atoms with Crippen LogP contribution in [0, 0.1) is 0 Å². The van der Waals surface area contributed by atoms with Gasteiger partial charge >= 0.3 is 17.4 Å². The van der Waals surface area contributed by atoms with E-state index < -0.39 is 35.1 Å². The van der Waals surface area contributed by atoms with Gasteiger partial charge in [-0.1, -0.05) is 81.7 Å². The molecule has 0 fully saturated rings. The number of halogens is 9. The molecule has 14 heteroatoms. The molecule has 0 saturated heterocycles. The van der Waals surface area contributed by atoms with E-state index in [0.29, 0.717) is 0 Å². The Bertz CT molecular complexity index is 1220. The highest BCUT2D eigenvalue weighted by molar-refractivity contribution is 8.00. The van der Waals surface area contributed by atoms with Gasteiger partial charge in [-0.15, -0.1) is 0 Å². The van der Waals surface area contributed by atoms with Crippen LogP contribution in [0.25, 0.3) is 0 Å². The lowest BCUT2D eigenvalue weighted by Gasteiger charge is -2.18. The Kier molecular flexibility index (Phi) is 9.60. The molecule has 0 aliphatic rings. The van der Waals surface area contributed by atoms with Crippen molar-refractivity contribution in [3.63, 3.8) is 0 Å². The molecule has 0 amide bonds. The monoisotopic (exact) mass is 636 g/mol. The molecule has 0 saturated carbocycles. The maximum Gasteiger partial charge on any atom is 0.446 e. The first-order valence-electron chi connectivity index (χ1n) is 9.33. The van der Waals surface area contributed by atoms with Gasteiger partial charge in [0.2, 0.25) is 0 Å². The van der Waals surface area contributed by atoms with Crippen molar-refractivity contribution in [3.8, 4) is 11.5 Å². The minimum atomic E-state index is -4.62. The molecule has 0 radical (unpaired) electrons. The van der Waals surface area contributed by atoms with Crippen LogP contribution in [0.3, 0.4) is 0 Å². The van der Waals surface area contributed by atoms with Crippen molar-refractivity contribution in [2.24, 2.45) is 0 Å². The minimum Gasteiger partial charge on any atom is -0.422 e. The van der Waals surface area contributed by atoms with E-state index in [1.165, 1.54) is 36.4 Å². The lowest BCUT2D eigenvalue weighted by Crippen LogP contribution is -2.30. The quantitative estimate of drug-likeness (QED) is 0.116. The fourth-order valence-electron chi connectivity index (χ4n) is 2.83. The summed E-state index contributed by atoms with van der Waals surface area (Å²) >= 11 is 35.5. The van der Waals surface area contributed by atoms with Gasteiger partial charge in [-0.25, -0.2) is 0 Å². The largest absolute Gasteiger partial charge is 0.446 e. The first-order valence-corrected chi connectivity index (χ1v) is 12.4. The fourth-order valence-corrected chi connectivity index (χ4v) is 5.23. The maximum absolute atomic E-state index is 13.2. The number of benzene rings is 3. The molecule has 3 aromatic carbocycles. The average molecular weight is 639 g/mol. The summed E-state index contributed by atoms with van der Waals surface area (Å²) in [6.45, 7) is 0. The molecule has 0 heterocycles. The van der Waals surface area contributed by atoms with Gasteiger partial charge < -0.3 is 9.47 Å². The number of alkyl halides is 3. The second kappa shape index (κ2) is 11.9. The van der Waals surface area contributed by atoms with E-state index in [9.17, 15) is 22.8 Å². The third-order valence-corrected chi connectivity index (χ3v) is 6.51. The molecular weight excluding hydrogens is 630 g/mol. The first kappa shape index (κ1) is 29.0. The summed E-state index contributed by atoms with van der Waals surface area (Å²) in [6.07, 6.45) is 0. The zero-order valence-corrected chi connectivity index (χ0v) is 22.5. The Morgan fingerprint density at radius 1 is 0.722 bits per heavy atom. The van der Waals surface area contributed by atoms with Crippen LogP contribution >= 0.6 is 81.4 Å². The standard InChI is InChI=1S/C22H9Cl6F3O4S/c23-10-5-13(25)18(14(26)6-10)34-20(32)17(9-2-1-3-12(4-9)36-22(29,30)31)21(33)35-19-15(27)7-11(24)8-16(19)28/h1-8,17H. The van der Waals surface area contributed by atoms with Crippen molar-refractivity contribution >= 4 is 93.3 Å². The Morgan fingerprint density at radius 2 is 1.14 bits per heavy atom. The fraction of sp³-hybridized carbons (Fsp3) is 0.0909. The molecule has 0 unspecified atom stereocenters. The van der Waals surface area contributed by atoms with E-state index in [0.717, 1.165) is 12.1 Å². The third-order valence-electron chi connectivity index (χ3n) is 4.23. The van der Waals surface area contributed by atoms with E-state index >= 15 is 0 Å². The third kappa shape index (κ3) is 7.51. The van der Waals surface area contributed by atoms with E-state index in [-0.39, 0.29) is 52.1 Å². The van der Waals surface area contributed by atoms with Crippen LogP contribution in [-0.2, 0) is 9.59 Å². The van der Waals surface area contributed by atoms with Gasteiger partial charge in [0, 0.05) is 14.9 Å². The second-order valence-corrected chi connectivity index (χ2v) is 10.4. The summed E-state index contributed by atoms with van der Waals surface area (Å²) in [5.74, 6) is -5.07. The van der Waals surface area contributed by atoms with Crippen molar-refractivity contribution < 1.29 is 32.2 Å². The number of hydrogen-bond acceptors (Lipinski definition) is 5. The summed E-state index contributed by atoms with van der Waals surface area (Å²) in [5, 5.41) is -0.332. The summed E-state index contributed by atoms with van der Waals surface area (Å²) in [5.41, 5.74) is -4.80. The van der Waals surface area contributed by atoms with Crippen LogP contribution in [0.4, 0.5) is 13.2 Å². The van der Waals surface area contributed by atoms with E-state index in [1.54, 1.807) is 0 Å². The van der Waals surface area contributed by atoms with Gasteiger partial charge in [0.05, 0.1) is 20.1 Å². The van der Waals surface area contributed by atoms with Crippen molar-refractivity contribution in [2.75, 3.05) is 0 Å². The molecule has 0 aliphatic heterocycles. The SMILES string of the molecule is O=C(Oc1c(Cl)cc(Cl)cc1Cl)C(C(=O)Oc1c(Cl)cc(Cl)cc1Cl)c1cccc(SC(F)(F)F)c1. The number of carbonyl (C=O) groups is 2. The van der Waals surface area contributed by atoms with E-state index in [2.05, 4.69) is 0 Å². The van der Waals surface area contributed by atoms with Crippen LogP contribution < -0.4 is 9.47 Å². The molecule has 4 nitrogen and oxygen atoms in total. The first-order chi connectivity index (χ1) is 16.7. The van der Waals surface area contributed by atoms with Crippen LogP contribution in [0.1, 0.15) is 11.5 Å². The van der Waals surface area contributed by atoms with E-state index in [1.807, 2.05) is 0 Å². The van der Waals surface area contributed by atoms with Gasteiger partial charge in [0.1, 0.15) is 0 Å². The molecule has 36 heavy (non-hydrogen) atoms. The highest BCUT2D eigenvalue weighted by Gasteiger charge is 2.36. The van der Waals surface area contributed by atoms with Crippen LogP contribution in [-0.4, -0.2) is 17.4 Å².